The number of carbonyl (C=O) groups excluding carboxylic acids is 2. The molecule has 33 heavy (non-hydrogen) atoms. The molecule has 10 heteroatoms. The molecule has 9 nitrogen and oxygen atoms in total. The molecule has 4 heterocycles. The SMILES string of the molecule is COc1cc(C(=O)N2CC3CCN3C(=O)C2C)cn2nc(N[C@H](C)c3cccc(Cl)c3)nc12. The highest BCUT2D eigenvalue weighted by atomic mass is 35.5. The van der Waals surface area contributed by atoms with Gasteiger partial charge in [0.2, 0.25) is 11.9 Å². The fraction of sp³-hybridized carbons (Fsp3) is 0.391. The lowest BCUT2D eigenvalue weighted by molar-refractivity contribution is -0.150. The second-order valence-electron chi connectivity index (χ2n) is 8.53. The molecule has 0 radical (unpaired) electrons. The molecular weight excluding hydrogens is 444 g/mol. The Kier molecular flexibility index (Phi) is 5.36. The van der Waals surface area contributed by atoms with E-state index in [1.807, 2.05) is 36.1 Å². The van der Waals surface area contributed by atoms with E-state index >= 15 is 0 Å². The summed E-state index contributed by atoms with van der Waals surface area (Å²) in [6.07, 6.45) is 2.56. The highest BCUT2D eigenvalue weighted by Gasteiger charge is 2.44. The summed E-state index contributed by atoms with van der Waals surface area (Å²) in [5, 5.41) is 8.43. The normalized spacial score (nSPS) is 20.9. The van der Waals surface area contributed by atoms with Crippen molar-refractivity contribution in [1.29, 1.82) is 0 Å². The van der Waals surface area contributed by atoms with E-state index in [0.717, 1.165) is 18.5 Å². The fourth-order valence-corrected chi connectivity index (χ4v) is 4.64. The fourth-order valence-electron chi connectivity index (χ4n) is 4.44. The molecule has 2 saturated heterocycles. The van der Waals surface area contributed by atoms with Crippen molar-refractivity contribution in [3.05, 3.63) is 52.7 Å². The van der Waals surface area contributed by atoms with Crippen LogP contribution in [0.25, 0.3) is 5.65 Å². The van der Waals surface area contributed by atoms with Gasteiger partial charge in [-0.15, -0.1) is 5.10 Å². The van der Waals surface area contributed by atoms with Crippen molar-refractivity contribution in [2.24, 2.45) is 0 Å². The average molecular weight is 469 g/mol. The number of benzene rings is 1. The van der Waals surface area contributed by atoms with Crippen molar-refractivity contribution >= 4 is 35.0 Å². The van der Waals surface area contributed by atoms with Gasteiger partial charge in [-0.3, -0.25) is 9.59 Å². The number of piperazine rings is 1. The van der Waals surface area contributed by atoms with Gasteiger partial charge < -0.3 is 19.9 Å². The van der Waals surface area contributed by atoms with Crippen LogP contribution < -0.4 is 10.1 Å². The van der Waals surface area contributed by atoms with E-state index < -0.39 is 6.04 Å². The number of amides is 2. The van der Waals surface area contributed by atoms with Crippen molar-refractivity contribution in [3.63, 3.8) is 0 Å². The van der Waals surface area contributed by atoms with Gasteiger partial charge in [-0.2, -0.15) is 4.98 Å². The zero-order chi connectivity index (χ0) is 23.3. The lowest BCUT2D eigenvalue weighted by Crippen LogP contribution is -2.67. The van der Waals surface area contributed by atoms with Crippen LogP contribution in [0.5, 0.6) is 5.75 Å². The quantitative estimate of drug-likeness (QED) is 0.619. The summed E-state index contributed by atoms with van der Waals surface area (Å²) in [6.45, 7) is 5.08. The third-order valence-electron chi connectivity index (χ3n) is 6.48. The van der Waals surface area contributed by atoms with Crippen LogP contribution in [0.4, 0.5) is 5.95 Å². The smallest absolute Gasteiger partial charge is 0.256 e. The number of ether oxygens (including phenoxy) is 1. The molecule has 2 fully saturated rings. The van der Waals surface area contributed by atoms with Crippen LogP contribution in [0, 0.1) is 0 Å². The number of methoxy groups -OCH3 is 1. The molecule has 2 aliphatic heterocycles. The van der Waals surface area contributed by atoms with E-state index in [1.54, 1.807) is 24.1 Å². The maximum absolute atomic E-state index is 13.4. The summed E-state index contributed by atoms with van der Waals surface area (Å²) in [5.41, 5.74) is 1.88. The Hall–Kier alpha value is -3.33. The van der Waals surface area contributed by atoms with Crippen LogP contribution in [-0.4, -0.2) is 68.5 Å². The highest BCUT2D eigenvalue weighted by molar-refractivity contribution is 6.30. The van der Waals surface area contributed by atoms with Gasteiger partial charge >= 0.3 is 0 Å². The first kappa shape index (κ1) is 21.5. The van der Waals surface area contributed by atoms with E-state index in [1.165, 1.54) is 11.6 Å². The van der Waals surface area contributed by atoms with Crippen LogP contribution >= 0.6 is 11.6 Å². The second-order valence-corrected chi connectivity index (χ2v) is 8.97. The first-order valence-corrected chi connectivity index (χ1v) is 11.3. The average Bonchev–Trinajstić information content (AvgIpc) is 3.18. The highest BCUT2D eigenvalue weighted by Crippen LogP contribution is 2.29. The predicted molar refractivity (Wildman–Crippen MR) is 124 cm³/mol. The van der Waals surface area contributed by atoms with Crippen LogP contribution in [-0.2, 0) is 4.79 Å². The largest absolute Gasteiger partial charge is 0.493 e. The molecule has 0 bridgehead atoms. The van der Waals surface area contributed by atoms with Gasteiger partial charge in [0.05, 0.1) is 24.8 Å². The molecule has 172 valence electrons. The second kappa shape index (κ2) is 8.22. The first-order chi connectivity index (χ1) is 15.9. The minimum absolute atomic E-state index is 0.00105. The van der Waals surface area contributed by atoms with Gasteiger partial charge in [0.25, 0.3) is 5.91 Å². The van der Waals surface area contributed by atoms with E-state index in [4.69, 9.17) is 16.3 Å². The van der Waals surface area contributed by atoms with Gasteiger partial charge in [-0.1, -0.05) is 23.7 Å². The van der Waals surface area contributed by atoms with Crippen LogP contribution in [0.3, 0.4) is 0 Å². The Morgan fingerprint density at radius 1 is 1.33 bits per heavy atom. The molecule has 2 aliphatic rings. The van der Waals surface area contributed by atoms with Gasteiger partial charge in [0.15, 0.2) is 11.4 Å². The van der Waals surface area contributed by atoms with Crippen molar-refractivity contribution in [3.8, 4) is 5.75 Å². The number of fused-ring (bicyclic) bond motifs is 2. The molecule has 1 N–H and O–H groups in total. The Morgan fingerprint density at radius 3 is 2.85 bits per heavy atom. The van der Waals surface area contributed by atoms with Gasteiger partial charge in [0, 0.05) is 24.3 Å². The number of carbonyl (C=O) groups is 2. The molecule has 3 atom stereocenters. The number of hydrogen-bond donors (Lipinski definition) is 1. The van der Waals surface area contributed by atoms with Crippen LogP contribution in [0.2, 0.25) is 5.02 Å². The summed E-state index contributed by atoms with van der Waals surface area (Å²) >= 11 is 6.11. The van der Waals surface area contributed by atoms with Gasteiger partial charge in [-0.05, 0) is 44.0 Å². The molecule has 0 aliphatic carbocycles. The van der Waals surface area contributed by atoms with Crippen LogP contribution in [0.1, 0.15) is 42.2 Å². The molecule has 1 aromatic carbocycles. The van der Waals surface area contributed by atoms with Crippen molar-refractivity contribution in [2.45, 2.75) is 38.4 Å². The van der Waals surface area contributed by atoms with Crippen LogP contribution in [0.15, 0.2) is 36.5 Å². The van der Waals surface area contributed by atoms with Gasteiger partial charge in [0.1, 0.15) is 6.04 Å². The maximum Gasteiger partial charge on any atom is 0.256 e. The topological polar surface area (TPSA) is 92.1 Å². The molecule has 3 aromatic rings. The van der Waals surface area contributed by atoms with E-state index in [0.29, 0.717) is 34.5 Å². The monoisotopic (exact) mass is 468 g/mol. The zero-order valence-corrected chi connectivity index (χ0v) is 19.4. The summed E-state index contributed by atoms with van der Waals surface area (Å²) in [7, 11) is 1.53. The summed E-state index contributed by atoms with van der Waals surface area (Å²) in [6, 6.07) is 8.75. The summed E-state index contributed by atoms with van der Waals surface area (Å²) < 4.78 is 7.04. The Balaban J connectivity index is 1.43. The van der Waals surface area contributed by atoms with Gasteiger partial charge in [-0.25, -0.2) is 4.52 Å². The number of rotatable bonds is 5. The summed E-state index contributed by atoms with van der Waals surface area (Å²) in [5.74, 6) is 0.608. The molecule has 0 spiro atoms. The first-order valence-electron chi connectivity index (χ1n) is 10.9. The van der Waals surface area contributed by atoms with E-state index in [-0.39, 0.29) is 23.9 Å². The lowest BCUT2D eigenvalue weighted by Gasteiger charge is -2.50. The minimum Gasteiger partial charge on any atom is -0.493 e. The van der Waals surface area contributed by atoms with Crippen molar-refractivity contribution in [2.75, 3.05) is 25.5 Å². The van der Waals surface area contributed by atoms with Crippen molar-refractivity contribution < 1.29 is 14.3 Å². The number of aromatic nitrogens is 3. The molecule has 2 unspecified atom stereocenters. The third kappa shape index (κ3) is 3.76. The number of nitrogens with zero attached hydrogens (tertiary/aromatic N) is 5. The molecule has 2 aromatic heterocycles. The number of halogens is 1. The van der Waals surface area contributed by atoms with Crippen molar-refractivity contribution in [1.82, 2.24) is 24.4 Å². The predicted octanol–water partition coefficient (Wildman–Crippen LogP) is 3.01. The third-order valence-corrected chi connectivity index (χ3v) is 6.72. The van der Waals surface area contributed by atoms with E-state index in [2.05, 4.69) is 15.4 Å². The Bertz CT molecular complexity index is 1240. The Labute approximate surface area is 196 Å². The number of hydrogen-bond acceptors (Lipinski definition) is 6. The zero-order valence-electron chi connectivity index (χ0n) is 18.7. The number of nitrogens with one attached hydrogen (secondary N) is 1. The lowest BCUT2D eigenvalue weighted by atomic mass is 9.95. The molecular formula is C23H25ClN6O3. The standard InChI is InChI=1S/C23H25ClN6O3/c1-13(15-5-4-6-17(24)9-15)25-23-26-20-19(33-3)10-16(11-30(20)27-23)22(32)29-12-18-7-8-28(18)21(31)14(29)2/h4-6,9-11,13-14,18H,7-8,12H2,1-3H3,(H,25,27)/t13-,14?,18?/m1/s1. The Morgan fingerprint density at radius 2 is 2.15 bits per heavy atom. The molecule has 0 saturated carbocycles. The summed E-state index contributed by atoms with van der Waals surface area (Å²) in [4.78, 5) is 34.0. The number of anilines is 1. The maximum atomic E-state index is 13.4. The molecule has 2 amide bonds. The molecule has 5 rings (SSSR count). The minimum atomic E-state index is -0.498. The number of pyridine rings is 1. The van der Waals surface area contributed by atoms with E-state index in [9.17, 15) is 9.59 Å².